The number of hydrogen-bond donors (Lipinski definition) is 0. The molecule has 8 heterocycles. The Bertz CT molecular complexity index is 2470. The lowest BCUT2D eigenvalue weighted by atomic mass is 10.0. The van der Waals surface area contributed by atoms with Gasteiger partial charge in [-0.25, -0.2) is 13.8 Å². The smallest absolute Gasteiger partial charge is 0.182 e. The number of fused-ring (bicyclic) bond motifs is 2. The molecule has 2 aromatic carbocycles. The molecule has 2 saturated heterocycles. The summed E-state index contributed by atoms with van der Waals surface area (Å²) in [7, 11) is 0. The van der Waals surface area contributed by atoms with E-state index < -0.39 is 6.17 Å². The van der Waals surface area contributed by atoms with Crippen molar-refractivity contribution >= 4 is 56.4 Å². The third kappa shape index (κ3) is 8.68. The minimum absolute atomic E-state index is 0.485. The summed E-state index contributed by atoms with van der Waals surface area (Å²) in [5.41, 5.74) is 8.71. The average Bonchev–Trinajstić information content (AvgIpc) is 4.11. The first kappa shape index (κ1) is 39.8. The molecule has 4 aliphatic heterocycles. The molecule has 12 nitrogen and oxygen atoms in total. The van der Waals surface area contributed by atoms with Crippen LogP contribution >= 0.6 is 23.2 Å². The molecule has 0 aliphatic carbocycles. The molecule has 0 unspecified atom stereocenters. The van der Waals surface area contributed by atoms with Crippen LogP contribution in [0, 0.1) is 0 Å². The monoisotopic (exact) mass is 836 g/mol. The van der Waals surface area contributed by atoms with Crippen LogP contribution in [0.2, 0.25) is 10.0 Å². The second kappa shape index (κ2) is 18.3. The fourth-order valence-corrected chi connectivity index (χ4v) is 8.95. The molecule has 59 heavy (non-hydrogen) atoms. The maximum atomic E-state index is 13.5. The second-order valence-electron chi connectivity index (χ2n) is 15.3. The number of ether oxygens (including phenoxy) is 2. The van der Waals surface area contributed by atoms with Crippen molar-refractivity contribution in [1.82, 2.24) is 49.8 Å². The van der Waals surface area contributed by atoms with Crippen LogP contribution in [0.25, 0.3) is 55.7 Å². The molecule has 4 aromatic heterocycles. The molecule has 2 fully saturated rings. The van der Waals surface area contributed by atoms with Crippen LogP contribution in [0.4, 0.5) is 4.39 Å². The number of nitrogens with zero attached hydrogens (tertiary/aromatic N) is 10. The highest BCUT2D eigenvalue weighted by Crippen LogP contribution is 2.38. The van der Waals surface area contributed by atoms with Crippen LogP contribution in [-0.4, -0.2) is 122 Å². The lowest BCUT2D eigenvalue weighted by Gasteiger charge is -2.14. The van der Waals surface area contributed by atoms with Crippen molar-refractivity contribution in [3.05, 3.63) is 94.2 Å². The fraction of sp³-hybridized carbons (Fsp3) is 0.409. The summed E-state index contributed by atoms with van der Waals surface area (Å²) in [5.74, 6) is 0. The number of benzene rings is 2. The van der Waals surface area contributed by atoms with Gasteiger partial charge in [-0.15, -0.1) is 20.4 Å². The molecule has 0 radical (unpaired) electrons. The van der Waals surface area contributed by atoms with Gasteiger partial charge in [0, 0.05) is 37.3 Å². The Balaban J connectivity index is 0.000000152. The van der Waals surface area contributed by atoms with Crippen molar-refractivity contribution in [3.63, 3.8) is 0 Å². The highest BCUT2D eigenvalue weighted by molar-refractivity contribution is 6.38. The van der Waals surface area contributed by atoms with Crippen molar-refractivity contribution in [2.45, 2.75) is 51.4 Å². The predicted molar refractivity (Wildman–Crippen MR) is 230 cm³/mol. The predicted octanol–water partition coefficient (Wildman–Crippen LogP) is 8.04. The third-order valence-corrected chi connectivity index (χ3v) is 12.2. The fourth-order valence-electron chi connectivity index (χ4n) is 8.31. The van der Waals surface area contributed by atoms with Crippen LogP contribution in [0.5, 0.6) is 0 Å². The zero-order valence-electron chi connectivity index (χ0n) is 32.9. The minimum atomic E-state index is -0.731. The lowest BCUT2D eigenvalue weighted by Crippen LogP contribution is -2.26. The maximum absolute atomic E-state index is 13.5. The molecule has 0 N–H and O–H groups in total. The summed E-state index contributed by atoms with van der Waals surface area (Å²) in [4.78, 5) is 4.60. The summed E-state index contributed by atoms with van der Waals surface area (Å²) in [6.07, 6.45) is 8.21. The number of alkyl halides is 1. The van der Waals surface area contributed by atoms with E-state index in [1.807, 2.05) is 70.0 Å². The number of aromatic nitrogens is 8. The van der Waals surface area contributed by atoms with Crippen LogP contribution in [0.3, 0.4) is 0 Å². The van der Waals surface area contributed by atoms with Crippen molar-refractivity contribution < 1.29 is 13.9 Å². The summed E-state index contributed by atoms with van der Waals surface area (Å²) in [6, 6.07) is 19.8. The third-order valence-electron chi connectivity index (χ3n) is 11.5. The van der Waals surface area contributed by atoms with E-state index in [1.54, 1.807) is 0 Å². The van der Waals surface area contributed by atoms with Crippen molar-refractivity contribution in [3.8, 4) is 22.5 Å². The summed E-state index contributed by atoms with van der Waals surface area (Å²) in [6.45, 7) is 9.23. The normalized spacial score (nSPS) is 18.9. The Morgan fingerprint density at radius 1 is 0.593 bits per heavy atom. The van der Waals surface area contributed by atoms with Gasteiger partial charge in [0.25, 0.3) is 0 Å². The van der Waals surface area contributed by atoms with Crippen molar-refractivity contribution in [1.29, 1.82) is 0 Å². The molecule has 0 spiro atoms. The number of hydrogen-bond acceptors (Lipinski definition) is 10. The van der Waals surface area contributed by atoms with Gasteiger partial charge < -0.3 is 14.4 Å². The van der Waals surface area contributed by atoms with Gasteiger partial charge in [0.15, 0.2) is 11.3 Å². The molecule has 306 valence electrons. The lowest BCUT2D eigenvalue weighted by molar-refractivity contribution is 0.161. The number of halogens is 3. The SMILES string of the molecule is Clc1c(-c2ccccc2)nnc2c1c(C1=CCOCC1)nn2CCN1CCCC1.F[C@@H]1CCN(CCn2nc(C3=CCOCC3)c3c(Cl)c(-c4ccccc4)nnc32)C1. The summed E-state index contributed by atoms with van der Waals surface area (Å²) < 4.78 is 28.3. The molecular formula is C44H47Cl2FN10O2. The minimum Gasteiger partial charge on any atom is -0.377 e. The van der Waals surface area contributed by atoms with E-state index in [2.05, 4.69) is 42.3 Å². The molecule has 0 amide bonds. The average molecular weight is 838 g/mol. The topological polar surface area (TPSA) is 112 Å². The van der Waals surface area contributed by atoms with Gasteiger partial charge in [0.1, 0.15) is 17.6 Å². The van der Waals surface area contributed by atoms with E-state index in [1.165, 1.54) is 31.5 Å². The van der Waals surface area contributed by atoms with Gasteiger partial charge in [-0.3, -0.25) is 4.90 Å². The first-order valence-electron chi connectivity index (χ1n) is 20.6. The first-order chi connectivity index (χ1) is 29.0. The van der Waals surface area contributed by atoms with Gasteiger partial charge in [-0.05, 0) is 56.3 Å². The van der Waals surface area contributed by atoms with Crippen molar-refractivity contribution in [2.75, 3.05) is 65.7 Å². The number of rotatable bonds is 10. The quantitative estimate of drug-likeness (QED) is 0.134. The largest absolute Gasteiger partial charge is 0.377 e. The van der Waals surface area contributed by atoms with E-state index in [-0.39, 0.29) is 0 Å². The highest BCUT2D eigenvalue weighted by atomic mass is 35.5. The summed E-state index contributed by atoms with van der Waals surface area (Å²) in [5, 5.41) is 30.7. The Kier molecular flexibility index (Phi) is 12.4. The first-order valence-corrected chi connectivity index (χ1v) is 21.4. The van der Waals surface area contributed by atoms with E-state index in [9.17, 15) is 4.39 Å². The molecule has 15 heteroatoms. The van der Waals surface area contributed by atoms with Gasteiger partial charge in [-0.1, -0.05) is 96.0 Å². The zero-order chi connectivity index (χ0) is 40.1. The Hall–Kier alpha value is -4.63. The van der Waals surface area contributed by atoms with Gasteiger partial charge >= 0.3 is 0 Å². The van der Waals surface area contributed by atoms with Gasteiger partial charge in [0.2, 0.25) is 0 Å². The zero-order valence-corrected chi connectivity index (χ0v) is 34.5. The molecule has 0 bridgehead atoms. The van der Waals surface area contributed by atoms with Crippen LogP contribution in [0.15, 0.2) is 72.8 Å². The van der Waals surface area contributed by atoms with Crippen LogP contribution in [-0.2, 0) is 22.6 Å². The summed E-state index contributed by atoms with van der Waals surface area (Å²) >= 11 is 13.8. The maximum Gasteiger partial charge on any atom is 0.182 e. The Morgan fingerprint density at radius 3 is 1.53 bits per heavy atom. The van der Waals surface area contributed by atoms with E-state index in [4.69, 9.17) is 42.9 Å². The second-order valence-corrected chi connectivity index (χ2v) is 16.1. The number of likely N-dealkylation sites (tertiary alicyclic amines) is 2. The van der Waals surface area contributed by atoms with Gasteiger partial charge in [0.05, 0.1) is 71.7 Å². The van der Waals surface area contributed by atoms with E-state index in [0.29, 0.717) is 73.0 Å². The molecule has 6 aromatic rings. The Labute approximate surface area is 352 Å². The van der Waals surface area contributed by atoms with Crippen LogP contribution in [0.1, 0.15) is 43.5 Å². The molecule has 10 rings (SSSR count). The standard InChI is InChI=1S/C22H23ClFN5O.C22H24ClN5O/c23-19-18-20(16-7-12-30-13-8-16)27-29(11-10-28-9-6-17(24)14-28)22(18)26-25-21(19)15-4-2-1-3-5-15;23-19-18-20(17-8-14-29-15-9-17)26-28(13-12-27-10-4-5-11-27)22(18)25-24-21(19)16-6-2-1-3-7-16/h1-5,7,17H,6,8-14H2;1-3,6-8H,4-5,9-15H2/t17-;/m1./s1. The Morgan fingerprint density at radius 2 is 1.08 bits per heavy atom. The van der Waals surface area contributed by atoms with Crippen LogP contribution < -0.4 is 0 Å². The van der Waals surface area contributed by atoms with E-state index >= 15 is 0 Å². The van der Waals surface area contributed by atoms with E-state index in [0.717, 1.165) is 83.5 Å². The molecular weight excluding hydrogens is 790 g/mol. The van der Waals surface area contributed by atoms with Crippen molar-refractivity contribution in [2.24, 2.45) is 0 Å². The molecule has 1 atom stereocenters. The molecule has 0 saturated carbocycles. The highest BCUT2D eigenvalue weighted by Gasteiger charge is 2.26. The van der Waals surface area contributed by atoms with Gasteiger partial charge in [-0.2, -0.15) is 10.2 Å². The molecule has 4 aliphatic rings.